The highest BCUT2D eigenvalue weighted by Gasteiger charge is 2.22. The summed E-state index contributed by atoms with van der Waals surface area (Å²) < 4.78 is 0.869. The van der Waals surface area contributed by atoms with Crippen LogP contribution in [0.25, 0.3) is 0 Å². The van der Waals surface area contributed by atoms with Crippen molar-refractivity contribution in [2.45, 2.75) is 19.3 Å². The topological polar surface area (TPSA) is 50.2 Å². The Morgan fingerprint density at radius 1 is 1.40 bits per heavy atom. The first kappa shape index (κ1) is 15.0. The van der Waals surface area contributed by atoms with Gasteiger partial charge in [0.05, 0.1) is 11.4 Å². The van der Waals surface area contributed by atoms with E-state index in [1.165, 1.54) is 0 Å². The molecule has 0 fully saturated rings. The molecular formula is C15H13BrClNO2. The van der Waals surface area contributed by atoms with Crippen molar-refractivity contribution >= 4 is 33.5 Å². The number of rotatable bonds is 4. The summed E-state index contributed by atoms with van der Waals surface area (Å²) in [5, 5.41) is 10.0. The van der Waals surface area contributed by atoms with Crippen LogP contribution in [0, 0.1) is 6.92 Å². The van der Waals surface area contributed by atoms with Crippen molar-refractivity contribution in [3.63, 3.8) is 0 Å². The van der Waals surface area contributed by atoms with E-state index in [2.05, 4.69) is 20.9 Å². The Kier molecular flexibility index (Phi) is 4.78. The SMILES string of the molecule is Cc1nc(C(Cc2cccc(Cl)c2)C(=O)O)ccc1Br. The van der Waals surface area contributed by atoms with Gasteiger partial charge in [-0.1, -0.05) is 23.7 Å². The predicted molar refractivity (Wildman–Crippen MR) is 82.2 cm³/mol. The zero-order valence-electron chi connectivity index (χ0n) is 10.8. The first-order valence-corrected chi connectivity index (χ1v) is 7.25. The lowest BCUT2D eigenvalue weighted by Gasteiger charge is -2.13. The second kappa shape index (κ2) is 6.37. The molecular weight excluding hydrogens is 342 g/mol. The Bertz CT molecular complexity index is 646. The maximum absolute atomic E-state index is 11.5. The highest BCUT2D eigenvalue weighted by Crippen LogP contribution is 2.24. The monoisotopic (exact) mass is 353 g/mol. The molecule has 20 heavy (non-hydrogen) atoms. The van der Waals surface area contributed by atoms with Gasteiger partial charge in [0.1, 0.15) is 5.92 Å². The Morgan fingerprint density at radius 2 is 2.15 bits per heavy atom. The quantitative estimate of drug-likeness (QED) is 0.894. The van der Waals surface area contributed by atoms with Crippen molar-refractivity contribution in [2.24, 2.45) is 0 Å². The zero-order valence-corrected chi connectivity index (χ0v) is 13.1. The number of carboxylic acid groups (broad SMARTS) is 1. The number of hydrogen-bond acceptors (Lipinski definition) is 2. The first-order valence-electron chi connectivity index (χ1n) is 6.07. The van der Waals surface area contributed by atoms with E-state index < -0.39 is 11.9 Å². The molecule has 104 valence electrons. The fraction of sp³-hybridized carbons (Fsp3) is 0.200. The van der Waals surface area contributed by atoms with Crippen LogP contribution in [-0.2, 0) is 11.2 Å². The molecule has 0 saturated carbocycles. The number of carboxylic acids is 1. The summed E-state index contributed by atoms with van der Waals surface area (Å²) in [5.74, 6) is -1.57. The summed E-state index contributed by atoms with van der Waals surface area (Å²) in [6, 6.07) is 10.8. The van der Waals surface area contributed by atoms with Crippen LogP contribution in [0.15, 0.2) is 40.9 Å². The summed E-state index contributed by atoms with van der Waals surface area (Å²) in [4.78, 5) is 15.9. The number of halogens is 2. The van der Waals surface area contributed by atoms with Gasteiger partial charge in [-0.3, -0.25) is 9.78 Å². The van der Waals surface area contributed by atoms with Crippen LogP contribution < -0.4 is 0 Å². The summed E-state index contributed by atoms with van der Waals surface area (Å²) in [5.41, 5.74) is 2.21. The maximum Gasteiger partial charge on any atom is 0.312 e. The third kappa shape index (κ3) is 3.58. The molecule has 1 atom stereocenters. The molecule has 0 saturated heterocycles. The zero-order chi connectivity index (χ0) is 14.7. The van der Waals surface area contributed by atoms with Crippen LogP contribution in [0.1, 0.15) is 22.9 Å². The molecule has 0 aliphatic carbocycles. The molecule has 1 unspecified atom stereocenters. The molecule has 1 N–H and O–H groups in total. The van der Waals surface area contributed by atoms with Gasteiger partial charge in [0.2, 0.25) is 0 Å². The van der Waals surface area contributed by atoms with Crippen molar-refractivity contribution in [3.05, 3.63) is 62.8 Å². The second-order valence-electron chi connectivity index (χ2n) is 4.53. The molecule has 1 aromatic heterocycles. The van der Waals surface area contributed by atoms with E-state index in [9.17, 15) is 9.90 Å². The van der Waals surface area contributed by atoms with Crippen LogP contribution in [0.3, 0.4) is 0 Å². The van der Waals surface area contributed by atoms with Crippen molar-refractivity contribution in [2.75, 3.05) is 0 Å². The van der Waals surface area contributed by atoms with Crippen LogP contribution in [0.2, 0.25) is 5.02 Å². The minimum Gasteiger partial charge on any atom is -0.481 e. The van der Waals surface area contributed by atoms with E-state index in [1.54, 1.807) is 18.2 Å². The molecule has 1 aromatic carbocycles. The fourth-order valence-electron chi connectivity index (χ4n) is 1.98. The molecule has 0 aliphatic heterocycles. The summed E-state index contributed by atoms with van der Waals surface area (Å²) in [7, 11) is 0. The van der Waals surface area contributed by atoms with Crippen LogP contribution in [0.5, 0.6) is 0 Å². The number of nitrogens with zero attached hydrogens (tertiary/aromatic N) is 1. The second-order valence-corrected chi connectivity index (χ2v) is 5.82. The normalized spacial score (nSPS) is 12.2. The summed E-state index contributed by atoms with van der Waals surface area (Å²) in [6.45, 7) is 1.84. The average molecular weight is 355 g/mol. The molecule has 0 spiro atoms. The van der Waals surface area contributed by atoms with Crippen molar-refractivity contribution in [1.29, 1.82) is 0 Å². The van der Waals surface area contributed by atoms with Crippen molar-refractivity contribution in [3.8, 4) is 0 Å². The van der Waals surface area contributed by atoms with E-state index in [4.69, 9.17) is 11.6 Å². The highest BCUT2D eigenvalue weighted by atomic mass is 79.9. The van der Waals surface area contributed by atoms with Crippen LogP contribution >= 0.6 is 27.5 Å². The van der Waals surface area contributed by atoms with Gasteiger partial charge in [-0.05, 0) is 59.1 Å². The van der Waals surface area contributed by atoms with Gasteiger partial charge in [-0.25, -0.2) is 0 Å². The lowest BCUT2D eigenvalue weighted by Crippen LogP contribution is -2.16. The van der Waals surface area contributed by atoms with Gasteiger partial charge < -0.3 is 5.11 Å². The standard InChI is InChI=1S/C15H13BrClNO2/c1-9-13(16)5-6-14(18-9)12(15(19)20)8-10-3-2-4-11(17)7-10/h2-7,12H,8H2,1H3,(H,19,20). The number of benzene rings is 1. The number of pyridine rings is 1. The molecule has 3 nitrogen and oxygen atoms in total. The highest BCUT2D eigenvalue weighted by molar-refractivity contribution is 9.10. The Morgan fingerprint density at radius 3 is 2.75 bits per heavy atom. The van der Waals surface area contributed by atoms with Crippen LogP contribution in [0.4, 0.5) is 0 Å². The van der Waals surface area contributed by atoms with Gasteiger partial charge in [0, 0.05) is 9.50 Å². The lowest BCUT2D eigenvalue weighted by molar-refractivity contribution is -0.138. The molecule has 2 rings (SSSR count). The van der Waals surface area contributed by atoms with E-state index in [0.29, 0.717) is 17.1 Å². The predicted octanol–water partition coefficient (Wildman–Crippen LogP) is 4.22. The van der Waals surface area contributed by atoms with E-state index in [0.717, 1.165) is 15.7 Å². The Labute approximate surface area is 130 Å². The molecule has 0 aliphatic rings. The minimum atomic E-state index is -0.890. The Hall–Kier alpha value is -1.39. The van der Waals surface area contributed by atoms with Crippen LogP contribution in [-0.4, -0.2) is 16.1 Å². The van der Waals surface area contributed by atoms with Gasteiger partial charge in [-0.2, -0.15) is 0 Å². The molecule has 0 radical (unpaired) electrons. The third-order valence-corrected chi connectivity index (χ3v) is 4.10. The largest absolute Gasteiger partial charge is 0.481 e. The lowest BCUT2D eigenvalue weighted by atomic mass is 9.95. The molecule has 2 aromatic rings. The molecule has 5 heteroatoms. The third-order valence-electron chi connectivity index (χ3n) is 3.03. The number of carbonyl (C=O) groups is 1. The van der Waals surface area contributed by atoms with E-state index in [1.807, 2.05) is 25.1 Å². The Balaban J connectivity index is 2.32. The number of hydrogen-bond donors (Lipinski definition) is 1. The summed E-state index contributed by atoms with van der Waals surface area (Å²) >= 11 is 9.30. The smallest absolute Gasteiger partial charge is 0.312 e. The molecule has 0 amide bonds. The van der Waals surface area contributed by atoms with E-state index >= 15 is 0 Å². The van der Waals surface area contributed by atoms with Gasteiger partial charge >= 0.3 is 5.97 Å². The van der Waals surface area contributed by atoms with Crippen molar-refractivity contribution in [1.82, 2.24) is 4.98 Å². The number of aryl methyl sites for hydroxylation is 1. The van der Waals surface area contributed by atoms with Gasteiger partial charge in [-0.15, -0.1) is 0 Å². The van der Waals surface area contributed by atoms with Crippen molar-refractivity contribution < 1.29 is 9.90 Å². The minimum absolute atomic E-state index is 0.365. The van der Waals surface area contributed by atoms with Gasteiger partial charge in [0.15, 0.2) is 0 Å². The van der Waals surface area contributed by atoms with E-state index in [-0.39, 0.29) is 0 Å². The van der Waals surface area contributed by atoms with Gasteiger partial charge in [0.25, 0.3) is 0 Å². The first-order chi connectivity index (χ1) is 9.47. The summed E-state index contributed by atoms with van der Waals surface area (Å²) in [6.07, 6.45) is 0.365. The molecule has 0 bridgehead atoms. The maximum atomic E-state index is 11.5. The molecule has 1 heterocycles. The number of aromatic nitrogens is 1. The fourth-order valence-corrected chi connectivity index (χ4v) is 2.41. The average Bonchev–Trinajstić information content (AvgIpc) is 2.39. The number of aliphatic carboxylic acids is 1.